The number of thioether (sulfide) groups is 1. The zero-order chi connectivity index (χ0) is 17.9. The number of nitrogens with one attached hydrogen (secondary N) is 1. The number of hydrogen-bond acceptors (Lipinski definition) is 5. The highest BCUT2D eigenvalue weighted by molar-refractivity contribution is 7.98. The summed E-state index contributed by atoms with van der Waals surface area (Å²) in [6, 6.07) is 14.0. The zero-order valence-corrected chi connectivity index (χ0v) is 15.4. The number of benzene rings is 2. The standard InChI is InChI=1S/C19H16FN3OS2/c20-15-7-3-1-5-13(15)11-25-16-8-4-2-6-14(16)17(24)21-19-23-22-18(26-19)12-9-10-12/h1-8,12H,9-11H2,(H,21,23,24). The molecule has 0 saturated heterocycles. The average Bonchev–Trinajstić information content (AvgIpc) is 3.41. The molecule has 1 fully saturated rings. The van der Waals surface area contributed by atoms with E-state index < -0.39 is 0 Å². The molecule has 1 aliphatic carbocycles. The monoisotopic (exact) mass is 385 g/mol. The number of carbonyl (C=O) groups is 1. The van der Waals surface area contributed by atoms with E-state index in [0.29, 0.717) is 27.9 Å². The van der Waals surface area contributed by atoms with Crippen LogP contribution in [0.2, 0.25) is 0 Å². The summed E-state index contributed by atoms with van der Waals surface area (Å²) < 4.78 is 13.8. The molecule has 0 unspecified atom stereocenters. The van der Waals surface area contributed by atoms with Crippen LogP contribution in [0.15, 0.2) is 53.4 Å². The summed E-state index contributed by atoms with van der Waals surface area (Å²) in [6.45, 7) is 0. The van der Waals surface area contributed by atoms with E-state index >= 15 is 0 Å². The van der Waals surface area contributed by atoms with Gasteiger partial charge < -0.3 is 0 Å². The highest BCUT2D eigenvalue weighted by Gasteiger charge is 2.28. The second kappa shape index (κ2) is 7.55. The molecule has 4 nitrogen and oxygen atoms in total. The summed E-state index contributed by atoms with van der Waals surface area (Å²) in [7, 11) is 0. The lowest BCUT2D eigenvalue weighted by Gasteiger charge is -2.09. The van der Waals surface area contributed by atoms with E-state index in [9.17, 15) is 9.18 Å². The minimum absolute atomic E-state index is 0.222. The molecule has 0 spiro atoms. The number of nitrogens with zero attached hydrogens (tertiary/aromatic N) is 2. The van der Waals surface area contributed by atoms with Gasteiger partial charge in [-0.2, -0.15) is 0 Å². The van der Waals surface area contributed by atoms with Gasteiger partial charge in [0.2, 0.25) is 5.13 Å². The molecular weight excluding hydrogens is 369 g/mol. The summed E-state index contributed by atoms with van der Waals surface area (Å²) in [5, 5.41) is 12.5. The van der Waals surface area contributed by atoms with Crippen LogP contribution in [-0.4, -0.2) is 16.1 Å². The lowest BCUT2D eigenvalue weighted by molar-refractivity contribution is 0.102. The Labute approximate surface area is 158 Å². The third-order valence-electron chi connectivity index (χ3n) is 4.06. The fourth-order valence-corrected chi connectivity index (χ4v) is 4.44. The summed E-state index contributed by atoms with van der Waals surface area (Å²) >= 11 is 2.87. The third kappa shape index (κ3) is 3.94. The van der Waals surface area contributed by atoms with Gasteiger partial charge in [-0.1, -0.05) is 41.7 Å². The Kier molecular flexibility index (Phi) is 4.99. The van der Waals surface area contributed by atoms with Gasteiger partial charge in [0, 0.05) is 16.6 Å². The molecule has 0 aliphatic heterocycles. The van der Waals surface area contributed by atoms with Crippen molar-refractivity contribution in [2.75, 3.05) is 5.32 Å². The van der Waals surface area contributed by atoms with Gasteiger partial charge in [0.25, 0.3) is 5.91 Å². The van der Waals surface area contributed by atoms with Crippen molar-refractivity contribution in [2.24, 2.45) is 0 Å². The zero-order valence-electron chi connectivity index (χ0n) is 13.8. The van der Waals surface area contributed by atoms with Crippen molar-refractivity contribution in [3.8, 4) is 0 Å². The van der Waals surface area contributed by atoms with Gasteiger partial charge in [0.05, 0.1) is 5.56 Å². The van der Waals surface area contributed by atoms with E-state index in [0.717, 1.165) is 22.7 Å². The molecular formula is C19H16FN3OS2. The first kappa shape index (κ1) is 17.2. The molecule has 7 heteroatoms. The van der Waals surface area contributed by atoms with E-state index in [1.807, 2.05) is 24.3 Å². The van der Waals surface area contributed by atoms with Crippen molar-refractivity contribution in [3.63, 3.8) is 0 Å². The number of amides is 1. The maximum Gasteiger partial charge on any atom is 0.258 e. The van der Waals surface area contributed by atoms with Crippen LogP contribution in [0.4, 0.5) is 9.52 Å². The molecule has 0 radical (unpaired) electrons. The smallest absolute Gasteiger partial charge is 0.258 e. The van der Waals surface area contributed by atoms with Crippen LogP contribution in [0.25, 0.3) is 0 Å². The van der Waals surface area contributed by atoms with Crippen LogP contribution in [0, 0.1) is 5.82 Å². The van der Waals surface area contributed by atoms with Gasteiger partial charge in [0.1, 0.15) is 10.8 Å². The van der Waals surface area contributed by atoms with Crippen molar-refractivity contribution in [1.29, 1.82) is 0 Å². The Morgan fingerprint density at radius 3 is 2.73 bits per heavy atom. The van der Waals surface area contributed by atoms with Crippen molar-refractivity contribution in [2.45, 2.75) is 29.4 Å². The molecule has 0 atom stereocenters. The lowest BCUT2D eigenvalue weighted by atomic mass is 10.2. The van der Waals surface area contributed by atoms with E-state index in [4.69, 9.17) is 0 Å². The van der Waals surface area contributed by atoms with Gasteiger partial charge in [-0.15, -0.1) is 22.0 Å². The highest BCUT2D eigenvalue weighted by Crippen LogP contribution is 2.42. The second-order valence-electron chi connectivity index (χ2n) is 6.05. The molecule has 1 aliphatic rings. The Morgan fingerprint density at radius 1 is 1.15 bits per heavy atom. The van der Waals surface area contributed by atoms with E-state index in [2.05, 4.69) is 15.5 Å². The Bertz CT molecular complexity index is 940. The fraction of sp³-hybridized carbons (Fsp3) is 0.211. The average molecular weight is 385 g/mol. The predicted molar refractivity (Wildman–Crippen MR) is 102 cm³/mol. The Morgan fingerprint density at radius 2 is 1.92 bits per heavy atom. The van der Waals surface area contributed by atoms with Crippen LogP contribution in [-0.2, 0) is 5.75 Å². The lowest BCUT2D eigenvalue weighted by Crippen LogP contribution is -2.12. The van der Waals surface area contributed by atoms with Crippen LogP contribution in [0.1, 0.15) is 39.7 Å². The number of aromatic nitrogens is 2. The number of anilines is 1. The van der Waals surface area contributed by atoms with Gasteiger partial charge in [-0.25, -0.2) is 4.39 Å². The molecule has 0 bridgehead atoms. The summed E-state index contributed by atoms with van der Waals surface area (Å²) in [4.78, 5) is 13.5. The number of rotatable bonds is 6. The molecule has 26 heavy (non-hydrogen) atoms. The first-order valence-electron chi connectivity index (χ1n) is 8.30. The van der Waals surface area contributed by atoms with Crippen LogP contribution in [0.3, 0.4) is 0 Å². The van der Waals surface area contributed by atoms with Crippen molar-refractivity contribution in [3.05, 3.63) is 70.5 Å². The Hall–Kier alpha value is -2.25. The summed E-state index contributed by atoms with van der Waals surface area (Å²) in [5.41, 5.74) is 1.17. The highest BCUT2D eigenvalue weighted by atomic mass is 32.2. The minimum Gasteiger partial charge on any atom is -0.296 e. The molecule has 1 N–H and O–H groups in total. The van der Waals surface area contributed by atoms with E-state index in [1.165, 1.54) is 29.2 Å². The van der Waals surface area contributed by atoms with Crippen LogP contribution < -0.4 is 5.32 Å². The van der Waals surface area contributed by atoms with Crippen LogP contribution in [0.5, 0.6) is 0 Å². The van der Waals surface area contributed by atoms with Crippen molar-refractivity contribution >= 4 is 34.1 Å². The van der Waals surface area contributed by atoms with Crippen LogP contribution >= 0.6 is 23.1 Å². The molecule has 1 aromatic heterocycles. The quantitative estimate of drug-likeness (QED) is 0.600. The summed E-state index contributed by atoms with van der Waals surface area (Å²) in [6.07, 6.45) is 2.30. The topological polar surface area (TPSA) is 54.9 Å². The molecule has 1 heterocycles. The predicted octanol–water partition coefficient (Wildman–Crippen LogP) is 5.10. The number of halogens is 1. The van der Waals surface area contributed by atoms with Gasteiger partial charge in [-0.05, 0) is 36.6 Å². The number of carbonyl (C=O) groups excluding carboxylic acids is 1. The number of hydrogen-bond donors (Lipinski definition) is 1. The second-order valence-corrected chi connectivity index (χ2v) is 8.08. The molecule has 132 valence electrons. The van der Waals surface area contributed by atoms with E-state index in [1.54, 1.807) is 18.2 Å². The summed E-state index contributed by atoms with van der Waals surface area (Å²) in [5.74, 6) is 0.520. The normalized spacial score (nSPS) is 13.6. The molecule has 1 amide bonds. The third-order valence-corrected chi connectivity index (χ3v) is 6.18. The Balaban J connectivity index is 1.47. The molecule has 2 aromatic carbocycles. The first-order chi connectivity index (χ1) is 12.7. The maximum atomic E-state index is 13.8. The van der Waals surface area contributed by atoms with Crippen molar-refractivity contribution in [1.82, 2.24) is 10.2 Å². The first-order valence-corrected chi connectivity index (χ1v) is 10.1. The van der Waals surface area contributed by atoms with Crippen molar-refractivity contribution < 1.29 is 9.18 Å². The maximum absolute atomic E-state index is 13.8. The van der Waals surface area contributed by atoms with Gasteiger partial charge >= 0.3 is 0 Å². The largest absolute Gasteiger partial charge is 0.296 e. The van der Waals surface area contributed by atoms with E-state index in [-0.39, 0.29) is 11.7 Å². The van der Waals surface area contributed by atoms with Gasteiger partial charge in [-0.3, -0.25) is 10.1 Å². The molecule has 1 saturated carbocycles. The fourth-order valence-electron chi connectivity index (χ4n) is 2.50. The minimum atomic E-state index is -0.233. The van der Waals surface area contributed by atoms with Gasteiger partial charge in [0.15, 0.2) is 0 Å². The molecule has 3 aromatic rings. The molecule has 4 rings (SSSR count). The SMILES string of the molecule is O=C(Nc1nnc(C2CC2)s1)c1ccccc1SCc1ccccc1F.